The van der Waals surface area contributed by atoms with Gasteiger partial charge in [0.15, 0.2) is 11.5 Å². The Labute approximate surface area is 365 Å². The molecule has 16 nitrogen and oxygen atoms in total. The van der Waals surface area contributed by atoms with Crippen molar-refractivity contribution in [1.29, 1.82) is 0 Å². The lowest BCUT2D eigenvalue weighted by atomic mass is 9.92. The average Bonchev–Trinajstić information content (AvgIpc) is 4.13. The van der Waals surface area contributed by atoms with Gasteiger partial charge in [-0.25, -0.2) is 10.1 Å². The van der Waals surface area contributed by atoms with Crippen LogP contribution < -0.4 is 21.3 Å². The maximum absolute atomic E-state index is 12.6. The van der Waals surface area contributed by atoms with Crippen LogP contribution in [0.5, 0.6) is 0 Å². The Morgan fingerprint density at radius 1 is 0.603 bits per heavy atom. The number of nitrogens with zero attached hydrogens (tertiary/aromatic N) is 2. The molecule has 1 aliphatic carbocycles. The summed E-state index contributed by atoms with van der Waals surface area (Å²) in [6.07, 6.45) is 7.48. The Bertz CT molecular complexity index is 2190. The van der Waals surface area contributed by atoms with E-state index in [-0.39, 0.29) is 62.6 Å². The SMILES string of the molecule is O=CN(O)C[C@@H](CC1CCCC1)C(=O)NCNC(=O)c1ccc(-c2ccccc2)o1.O=CN(O)C[C@@H](CCCc1ccccc1)C(=O)NCNC(=O)c1ccc(-c2ccccc2)o1. The first-order valence-electron chi connectivity index (χ1n) is 20.9. The zero-order chi connectivity index (χ0) is 44.8. The molecule has 2 atom stereocenters. The van der Waals surface area contributed by atoms with Crippen LogP contribution in [-0.4, -0.2) is 83.4 Å². The van der Waals surface area contributed by atoms with Crippen molar-refractivity contribution in [2.24, 2.45) is 17.8 Å². The van der Waals surface area contributed by atoms with E-state index in [2.05, 4.69) is 21.3 Å². The summed E-state index contributed by atoms with van der Waals surface area (Å²) in [6, 6.07) is 35.3. The van der Waals surface area contributed by atoms with Crippen LogP contribution in [0.15, 0.2) is 124 Å². The molecule has 0 unspecified atom stereocenters. The fraction of sp³-hybridized carbons (Fsp3) is 0.319. The summed E-state index contributed by atoms with van der Waals surface area (Å²) in [5.41, 5.74) is 2.86. The molecule has 0 radical (unpaired) electrons. The zero-order valence-corrected chi connectivity index (χ0v) is 34.9. The average molecular weight is 863 g/mol. The number of hydrogen-bond acceptors (Lipinski definition) is 10. The molecule has 6 N–H and O–H groups in total. The molecule has 5 aromatic rings. The number of carbonyl (C=O) groups excluding carboxylic acids is 6. The monoisotopic (exact) mass is 862 g/mol. The van der Waals surface area contributed by atoms with Gasteiger partial charge < -0.3 is 30.1 Å². The molecule has 1 aliphatic rings. The third kappa shape index (κ3) is 15.4. The van der Waals surface area contributed by atoms with Crippen LogP contribution in [0.3, 0.4) is 0 Å². The highest BCUT2D eigenvalue weighted by Crippen LogP contribution is 2.31. The van der Waals surface area contributed by atoms with E-state index in [1.54, 1.807) is 24.3 Å². The van der Waals surface area contributed by atoms with Gasteiger partial charge in [0.1, 0.15) is 11.5 Å². The standard InChI is InChI=1S/C25H27N3O5.C22H27N3O5/c29-18-28(32)16-21(13-7-10-19-8-3-1-4-9-19)24(30)26-17-27-25(31)23-15-14-22(33-23)20-11-5-2-6-12-20;26-15-25(29)13-18(12-16-6-4-5-7-16)21(27)23-14-24-22(28)20-11-10-19(30-20)17-8-2-1-3-9-17/h1-6,8-9,11-12,14-15,18,21,32H,7,10,13,16-17H2,(H,26,30)(H,27,31);1-3,8-11,15-16,18,29H,4-7,12-14H2,(H,23,27)(H,24,28)/t21-;18-/m11/s1. The van der Waals surface area contributed by atoms with Crippen molar-refractivity contribution in [1.82, 2.24) is 31.4 Å². The van der Waals surface area contributed by atoms with Gasteiger partial charge in [-0.15, -0.1) is 0 Å². The van der Waals surface area contributed by atoms with Crippen molar-refractivity contribution in [2.75, 3.05) is 26.4 Å². The number of rotatable bonds is 22. The number of hydrogen-bond donors (Lipinski definition) is 6. The van der Waals surface area contributed by atoms with Crippen molar-refractivity contribution in [3.05, 3.63) is 132 Å². The minimum atomic E-state index is -0.617. The van der Waals surface area contributed by atoms with Crippen molar-refractivity contribution >= 4 is 36.4 Å². The van der Waals surface area contributed by atoms with Crippen molar-refractivity contribution in [3.8, 4) is 22.6 Å². The Morgan fingerprint density at radius 2 is 1.05 bits per heavy atom. The van der Waals surface area contributed by atoms with Crippen LogP contribution >= 0.6 is 0 Å². The minimum absolute atomic E-state index is 0.0710. The lowest BCUT2D eigenvalue weighted by Gasteiger charge is -2.22. The van der Waals surface area contributed by atoms with Gasteiger partial charge in [0.2, 0.25) is 24.6 Å². The lowest BCUT2D eigenvalue weighted by Crippen LogP contribution is -2.43. The fourth-order valence-electron chi connectivity index (χ4n) is 7.27. The quantitative estimate of drug-likeness (QED) is 0.0205. The summed E-state index contributed by atoms with van der Waals surface area (Å²) < 4.78 is 11.2. The van der Waals surface area contributed by atoms with E-state index in [0.29, 0.717) is 46.8 Å². The molecule has 332 valence electrons. The van der Waals surface area contributed by atoms with Crippen molar-refractivity contribution in [3.63, 3.8) is 0 Å². The highest BCUT2D eigenvalue weighted by molar-refractivity contribution is 5.93. The second kappa shape index (κ2) is 25.0. The Hall–Kier alpha value is -7.04. The molecule has 0 spiro atoms. The molecular formula is C47H54N6O10. The topological polar surface area (TPSA) is 224 Å². The summed E-state index contributed by atoms with van der Waals surface area (Å²) in [5.74, 6) is -0.897. The summed E-state index contributed by atoms with van der Waals surface area (Å²) in [7, 11) is 0. The van der Waals surface area contributed by atoms with E-state index < -0.39 is 23.7 Å². The summed E-state index contributed by atoms with van der Waals surface area (Å²) in [4.78, 5) is 71.3. The normalized spacial score (nSPS) is 13.0. The van der Waals surface area contributed by atoms with E-state index >= 15 is 0 Å². The first-order valence-corrected chi connectivity index (χ1v) is 20.9. The zero-order valence-electron chi connectivity index (χ0n) is 34.9. The predicted octanol–water partition coefficient (Wildman–Crippen LogP) is 6.03. The van der Waals surface area contributed by atoms with Gasteiger partial charge >= 0.3 is 0 Å². The van der Waals surface area contributed by atoms with E-state index in [1.807, 2.05) is 91.0 Å². The van der Waals surface area contributed by atoms with Gasteiger partial charge in [-0.1, -0.05) is 117 Å². The smallest absolute Gasteiger partial charge is 0.288 e. The second-order valence-electron chi connectivity index (χ2n) is 15.1. The summed E-state index contributed by atoms with van der Waals surface area (Å²) >= 11 is 0. The maximum Gasteiger partial charge on any atom is 0.288 e. The van der Waals surface area contributed by atoms with Gasteiger partial charge in [-0.3, -0.25) is 39.2 Å². The third-order valence-corrected chi connectivity index (χ3v) is 10.6. The molecule has 0 bridgehead atoms. The predicted molar refractivity (Wildman–Crippen MR) is 231 cm³/mol. The Morgan fingerprint density at radius 3 is 1.52 bits per heavy atom. The number of nitrogens with one attached hydrogen (secondary N) is 4. The molecule has 63 heavy (non-hydrogen) atoms. The van der Waals surface area contributed by atoms with Crippen LogP contribution in [0.25, 0.3) is 22.6 Å². The van der Waals surface area contributed by atoms with E-state index in [1.165, 1.54) is 0 Å². The Kier molecular flexibility index (Phi) is 18.7. The third-order valence-electron chi connectivity index (χ3n) is 10.6. The first-order chi connectivity index (χ1) is 30.6. The van der Waals surface area contributed by atoms with Crippen LogP contribution in [-0.2, 0) is 25.6 Å². The molecule has 3 aromatic carbocycles. The lowest BCUT2D eigenvalue weighted by molar-refractivity contribution is -0.155. The first kappa shape index (κ1) is 47.0. The number of benzene rings is 3. The molecule has 0 saturated heterocycles. The van der Waals surface area contributed by atoms with E-state index in [9.17, 15) is 39.2 Å². The Balaban J connectivity index is 0.000000239. The van der Waals surface area contributed by atoms with Crippen LogP contribution in [0.4, 0.5) is 0 Å². The van der Waals surface area contributed by atoms with Crippen LogP contribution in [0.2, 0.25) is 0 Å². The molecule has 1 saturated carbocycles. The van der Waals surface area contributed by atoms with Gasteiger partial charge in [-0.2, -0.15) is 0 Å². The van der Waals surface area contributed by atoms with E-state index in [0.717, 1.165) is 48.8 Å². The molecule has 0 aliphatic heterocycles. The number of amides is 6. The minimum Gasteiger partial charge on any atom is -0.451 e. The molecule has 2 aromatic heterocycles. The van der Waals surface area contributed by atoms with Crippen LogP contribution in [0.1, 0.15) is 71.6 Å². The van der Waals surface area contributed by atoms with Gasteiger partial charge in [0.25, 0.3) is 11.8 Å². The van der Waals surface area contributed by atoms with Gasteiger partial charge in [0, 0.05) is 11.1 Å². The van der Waals surface area contributed by atoms with Gasteiger partial charge in [-0.05, 0) is 61.4 Å². The molecule has 6 rings (SSSR count). The largest absolute Gasteiger partial charge is 0.451 e. The number of carbonyl (C=O) groups is 6. The molecule has 6 amide bonds. The molecule has 16 heteroatoms. The molecule has 2 heterocycles. The fourth-order valence-corrected chi connectivity index (χ4v) is 7.27. The summed E-state index contributed by atoms with van der Waals surface area (Å²) in [6.45, 7) is -0.386. The van der Waals surface area contributed by atoms with Crippen LogP contribution in [0, 0.1) is 17.8 Å². The van der Waals surface area contributed by atoms with Gasteiger partial charge in [0.05, 0.1) is 38.3 Å². The number of hydroxylamine groups is 4. The highest BCUT2D eigenvalue weighted by Gasteiger charge is 2.27. The molecular weight excluding hydrogens is 809 g/mol. The highest BCUT2D eigenvalue weighted by atomic mass is 16.5. The number of furan rings is 2. The molecule has 1 fully saturated rings. The maximum atomic E-state index is 12.6. The number of aryl methyl sites for hydroxylation is 1. The van der Waals surface area contributed by atoms with Crippen molar-refractivity contribution in [2.45, 2.75) is 51.4 Å². The summed E-state index contributed by atoms with van der Waals surface area (Å²) in [5, 5.41) is 30.5. The second-order valence-corrected chi connectivity index (χ2v) is 15.1. The van der Waals surface area contributed by atoms with Crippen molar-refractivity contribution < 1.29 is 48.0 Å². The van der Waals surface area contributed by atoms with E-state index in [4.69, 9.17) is 8.83 Å².